The van der Waals surface area contributed by atoms with E-state index in [1.165, 1.54) is 12.1 Å². The first-order chi connectivity index (χ1) is 8.53. The molecule has 0 bridgehead atoms. The second kappa shape index (κ2) is 5.69. The molecular weight excluding hydrogens is 284 g/mol. The van der Waals surface area contributed by atoms with Crippen LogP contribution in [-0.2, 0) is 10.0 Å². The van der Waals surface area contributed by atoms with Crippen LogP contribution in [0, 0.1) is 12.3 Å². The molecule has 1 aromatic carbocycles. The van der Waals surface area contributed by atoms with Gasteiger partial charge in [0.2, 0.25) is 10.0 Å². The van der Waals surface area contributed by atoms with Crippen molar-refractivity contribution >= 4 is 27.3 Å². The van der Waals surface area contributed by atoms with Gasteiger partial charge in [-0.25, -0.2) is 13.1 Å². The van der Waals surface area contributed by atoms with Crippen LogP contribution in [0.1, 0.15) is 32.8 Å². The van der Waals surface area contributed by atoms with Crippen molar-refractivity contribution in [2.24, 2.45) is 5.41 Å². The third-order valence-corrected chi connectivity index (χ3v) is 4.67. The second-order valence-electron chi connectivity index (χ2n) is 5.83. The van der Waals surface area contributed by atoms with Crippen molar-refractivity contribution in [3.05, 3.63) is 22.7 Å². The van der Waals surface area contributed by atoms with Crippen molar-refractivity contribution in [1.29, 1.82) is 0 Å². The Kier molecular flexibility index (Phi) is 4.87. The number of hydrogen-bond donors (Lipinski definition) is 2. The summed E-state index contributed by atoms with van der Waals surface area (Å²) in [6.07, 6.45) is 0.751. The number of rotatable bonds is 4. The number of sulfonamides is 1. The Morgan fingerprint density at radius 3 is 2.37 bits per heavy atom. The predicted octanol–water partition coefficient (Wildman–Crippen LogP) is 2.95. The van der Waals surface area contributed by atoms with Gasteiger partial charge in [-0.1, -0.05) is 32.4 Å². The van der Waals surface area contributed by atoms with E-state index in [9.17, 15) is 8.42 Å². The molecule has 4 nitrogen and oxygen atoms in total. The molecule has 0 fully saturated rings. The van der Waals surface area contributed by atoms with Crippen molar-refractivity contribution in [2.45, 2.75) is 39.0 Å². The Morgan fingerprint density at radius 1 is 1.32 bits per heavy atom. The maximum absolute atomic E-state index is 12.1. The van der Waals surface area contributed by atoms with Crippen molar-refractivity contribution in [3.63, 3.8) is 0 Å². The topological polar surface area (TPSA) is 72.2 Å². The van der Waals surface area contributed by atoms with Crippen molar-refractivity contribution in [2.75, 3.05) is 12.3 Å². The molecule has 108 valence electrons. The number of nitrogens with one attached hydrogen (secondary N) is 1. The summed E-state index contributed by atoms with van der Waals surface area (Å²) in [4.78, 5) is 0.106. The molecule has 6 heteroatoms. The fourth-order valence-corrected chi connectivity index (χ4v) is 2.86. The highest BCUT2D eigenvalue weighted by Crippen LogP contribution is 2.26. The van der Waals surface area contributed by atoms with Gasteiger partial charge in [0.25, 0.3) is 0 Å². The molecule has 3 N–H and O–H groups in total. The molecule has 0 aromatic heterocycles. The van der Waals surface area contributed by atoms with E-state index in [2.05, 4.69) is 25.5 Å². The lowest BCUT2D eigenvalue weighted by atomic mass is 9.93. The van der Waals surface area contributed by atoms with Crippen LogP contribution in [0.4, 0.5) is 5.69 Å². The molecule has 1 aromatic rings. The number of nitrogens with two attached hydrogens (primary N) is 1. The summed E-state index contributed by atoms with van der Waals surface area (Å²) in [5, 5.41) is 0.358. The highest BCUT2D eigenvalue weighted by molar-refractivity contribution is 7.89. The van der Waals surface area contributed by atoms with Crippen molar-refractivity contribution < 1.29 is 8.42 Å². The molecule has 0 aliphatic heterocycles. The monoisotopic (exact) mass is 304 g/mol. The number of anilines is 1. The zero-order chi connectivity index (χ0) is 14.8. The third-order valence-electron chi connectivity index (χ3n) is 2.84. The summed E-state index contributed by atoms with van der Waals surface area (Å²) in [6, 6.07) is 2.85. The summed E-state index contributed by atoms with van der Waals surface area (Å²) in [7, 11) is -3.56. The quantitative estimate of drug-likeness (QED) is 0.840. The molecule has 0 saturated heterocycles. The van der Waals surface area contributed by atoms with Crippen LogP contribution in [0.2, 0.25) is 5.02 Å². The maximum atomic E-state index is 12.1. The van der Waals surface area contributed by atoms with E-state index in [0.717, 1.165) is 6.42 Å². The van der Waals surface area contributed by atoms with Crippen LogP contribution in [0.3, 0.4) is 0 Å². The van der Waals surface area contributed by atoms with Gasteiger partial charge in [-0.15, -0.1) is 0 Å². The van der Waals surface area contributed by atoms with Crippen molar-refractivity contribution in [3.8, 4) is 0 Å². The molecule has 0 unspecified atom stereocenters. The number of halogens is 1. The van der Waals surface area contributed by atoms with Crippen LogP contribution in [0.25, 0.3) is 0 Å². The van der Waals surface area contributed by atoms with Gasteiger partial charge >= 0.3 is 0 Å². The minimum absolute atomic E-state index is 0.0759. The van der Waals surface area contributed by atoms with Gasteiger partial charge in [-0.05, 0) is 36.5 Å². The standard InChI is InChI=1S/C13H21ClN2O2S/c1-9-11(14)7-10(8-12(9)15)19(17,18)16-6-5-13(2,3)4/h7-8,16H,5-6,15H2,1-4H3. The minimum Gasteiger partial charge on any atom is -0.398 e. The third kappa shape index (κ3) is 4.67. The molecule has 0 saturated carbocycles. The molecule has 0 amide bonds. The van der Waals surface area contributed by atoms with Gasteiger partial charge in [0, 0.05) is 17.3 Å². The lowest BCUT2D eigenvalue weighted by molar-refractivity contribution is 0.378. The summed E-state index contributed by atoms with van der Waals surface area (Å²) < 4.78 is 26.8. The first-order valence-electron chi connectivity index (χ1n) is 6.08. The molecule has 0 aliphatic rings. The average Bonchev–Trinajstić information content (AvgIpc) is 2.22. The molecular formula is C13H21ClN2O2S. The van der Waals surface area contributed by atoms with Crippen LogP contribution >= 0.6 is 11.6 Å². The fraction of sp³-hybridized carbons (Fsp3) is 0.538. The predicted molar refractivity (Wildman–Crippen MR) is 79.9 cm³/mol. The highest BCUT2D eigenvalue weighted by atomic mass is 35.5. The molecule has 0 heterocycles. The SMILES string of the molecule is Cc1c(N)cc(S(=O)(=O)NCCC(C)(C)C)cc1Cl. The molecule has 0 radical (unpaired) electrons. The number of benzene rings is 1. The zero-order valence-corrected chi connectivity index (χ0v) is 13.3. The lowest BCUT2D eigenvalue weighted by Crippen LogP contribution is -2.27. The van der Waals surface area contributed by atoms with Gasteiger partial charge in [0.15, 0.2) is 0 Å². The van der Waals surface area contributed by atoms with E-state index < -0.39 is 10.0 Å². The van der Waals surface area contributed by atoms with Gasteiger partial charge in [0.05, 0.1) is 4.90 Å². The van der Waals surface area contributed by atoms with E-state index in [-0.39, 0.29) is 10.3 Å². The molecule has 19 heavy (non-hydrogen) atoms. The summed E-state index contributed by atoms with van der Waals surface area (Å²) >= 11 is 5.96. The molecule has 0 spiro atoms. The summed E-state index contributed by atoms with van der Waals surface area (Å²) in [5.74, 6) is 0. The maximum Gasteiger partial charge on any atom is 0.240 e. The van der Waals surface area contributed by atoms with Crippen LogP contribution in [0.5, 0.6) is 0 Å². The molecule has 0 aliphatic carbocycles. The molecule has 0 atom stereocenters. The number of hydrogen-bond acceptors (Lipinski definition) is 3. The second-order valence-corrected chi connectivity index (χ2v) is 8.00. The smallest absolute Gasteiger partial charge is 0.240 e. The van der Waals surface area contributed by atoms with E-state index in [1.807, 2.05) is 0 Å². The summed E-state index contributed by atoms with van der Waals surface area (Å²) in [5.41, 5.74) is 6.88. The Hall–Kier alpha value is -0.780. The van der Waals surface area contributed by atoms with E-state index >= 15 is 0 Å². The fourth-order valence-electron chi connectivity index (χ4n) is 1.47. The zero-order valence-electron chi connectivity index (χ0n) is 11.7. The minimum atomic E-state index is -3.56. The Balaban J connectivity index is 2.90. The van der Waals surface area contributed by atoms with Crippen LogP contribution < -0.4 is 10.5 Å². The Bertz CT molecular complexity index is 539. The number of nitrogen functional groups attached to an aromatic ring is 1. The van der Waals surface area contributed by atoms with E-state index in [4.69, 9.17) is 17.3 Å². The van der Waals surface area contributed by atoms with E-state index in [0.29, 0.717) is 22.8 Å². The average molecular weight is 305 g/mol. The molecule has 1 rings (SSSR count). The Morgan fingerprint density at radius 2 is 1.89 bits per heavy atom. The van der Waals surface area contributed by atoms with E-state index in [1.54, 1.807) is 6.92 Å². The first-order valence-corrected chi connectivity index (χ1v) is 7.94. The van der Waals surface area contributed by atoms with Gasteiger partial charge in [-0.2, -0.15) is 0 Å². The lowest BCUT2D eigenvalue weighted by Gasteiger charge is -2.18. The van der Waals surface area contributed by atoms with Gasteiger partial charge < -0.3 is 5.73 Å². The van der Waals surface area contributed by atoms with Crippen molar-refractivity contribution in [1.82, 2.24) is 4.72 Å². The largest absolute Gasteiger partial charge is 0.398 e. The van der Waals surface area contributed by atoms with Crippen LogP contribution in [0.15, 0.2) is 17.0 Å². The van der Waals surface area contributed by atoms with Gasteiger partial charge in [-0.3, -0.25) is 0 Å². The van der Waals surface area contributed by atoms with Crippen LogP contribution in [-0.4, -0.2) is 15.0 Å². The Labute approximate surface area is 120 Å². The first kappa shape index (κ1) is 16.3. The highest BCUT2D eigenvalue weighted by Gasteiger charge is 2.18. The summed E-state index contributed by atoms with van der Waals surface area (Å²) in [6.45, 7) is 8.31. The normalized spacial score (nSPS) is 12.7. The van der Waals surface area contributed by atoms with Gasteiger partial charge in [0.1, 0.15) is 0 Å².